The molecule has 4 nitrogen and oxygen atoms in total. The summed E-state index contributed by atoms with van der Waals surface area (Å²) in [7, 11) is 0. The van der Waals surface area contributed by atoms with Gasteiger partial charge < -0.3 is 5.32 Å². The van der Waals surface area contributed by atoms with Crippen LogP contribution in [0.1, 0.15) is 30.9 Å². The van der Waals surface area contributed by atoms with Crippen molar-refractivity contribution in [2.75, 3.05) is 11.9 Å². The number of carbonyl (C=O) groups is 2. The number of hydrogen-bond donors (Lipinski definition) is 1. The van der Waals surface area contributed by atoms with Gasteiger partial charge in [-0.2, -0.15) is 0 Å². The Morgan fingerprint density at radius 3 is 2.32 bits per heavy atom. The van der Waals surface area contributed by atoms with E-state index in [1.807, 2.05) is 60.7 Å². The van der Waals surface area contributed by atoms with Crippen LogP contribution in [0, 0.1) is 0 Å². The number of hydrogen-bond acceptors (Lipinski definition) is 4. The largest absolute Gasteiger partial charge is 0.326 e. The van der Waals surface area contributed by atoms with E-state index in [1.165, 1.54) is 17.3 Å². The molecule has 0 atom stereocenters. The Morgan fingerprint density at radius 2 is 1.65 bits per heavy atom. The Balaban J connectivity index is 1.27. The van der Waals surface area contributed by atoms with Crippen LogP contribution in [0.25, 0.3) is 17.2 Å². The van der Waals surface area contributed by atoms with Crippen molar-refractivity contribution in [1.82, 2.24) is 4.90 Å². The molecule has 0 radical (unpaired) electrons. The molecule has 0 unspecified atom stereocenters. The van der Waals surface area contributed by atoms with E-state index in [9.17, 15) is 9.59 Å². The van der Waals surface area contributed by atoms with Crippen LogP contribution in [-0.4, -0.2) is 27.6 Å². The lowest BCUT2D eigenvalue weighted by molar-refractivity contribution is -0.122. The summed E-state index contributed by atoms with van der Waals surface area (Å²) in [5.74, 6) is -0.170. The van der Waals surface area contributed by atoms with Crippen LogP contribution < -0.4 is 5.32 Å². The van der Waals surface area contributed by atoms with Crippen molar-refractivity contribution < 1.29 is 9.59 Å². The zero-order valence-electron chi connectivity index (χ0n) is 19.0. The maximum Gasteiger partial charge on any atom is 0.266 e. The minimum Gasteiger partial charge on any atom is -0.326 e. The second-order valence-electron chi connectivity index (χ2n) is 8.02. The molecule has 1 saturated heterocycles. The van der Waals surface area contributed by atoms with Crippen LogP contribution in [0.2, 0.25) is 0 Å². The van der Waals surface area contributed by atoms with E-state index in [2.05, 4.69) is 36.5 Å². The first-order valence-corrected chi connectivity index (χ1v) is 12.6. The minimum absolute atomic E-state index is 0.0792. The van der Waals surface area contributed by atoms with Crippen LogP contribution in [0.5, 0.6) is 0 Å². The second-order valence-corrected chi connectivity index (χ2v) is 9.70. The number of amides is 2. The quantitative estimate of drug-likeness (QED) is 0.290. The van der Waals surface area contributed by atoms with E-state index in [0.29, 0.717) is 28.6 Å². The first-order valence-electron chi connectivity index (χ1n) is 11.3. The fraction of sp³-hybridized carbons (Fsp3) is 0.179. The van der Waals surface area contributed by atoms with Gasteiger partial charge in [0.2, 0.25) is 5.91 Å². The van der Waals surface area contributed by atoms with Gasteiger partial charge >= 0.3 is 0 Å². The number of thioether (sulfide) groups is 1. The van der Waals surface area contributed by atoms with Gasteiger partial charge in [-0.3, -0.25) is 14.5 Å². The molecule has 1 aliphatic rings. The topological polar surface area (TPSA) is 49.4 Å². The average Bonchev–Trinajstić information content (AvgIpc) is 3.13. The highest BCUT2D eigenvalue weighted by atomic mass is 32.2. The number of nitrogens with one attached hydrogen (secondary N) is 1. The van der Waals surface area contributed by atoms with Crippen molar-refractivity contribution in [2.24, 2.45) is 0 Å². The molecule has 0 saturated carbocycles. The molecule has 3 aromatic carbocycles. The standard InChI is InChI=1S/C28H26N2O2S2/c1-2-20-10-12-21(13-11-20)19-25-27(32)30(28(33)34-25)18-6-9-26(31)29-24-16-14-23(15-17-24)22-7-4-3-5-8-22/h3-5,7-8,10-17,19H,2,6,9,18H2,1H3,(H,29,31). The molecule has 172 valence electrons. The molecule has 0 aromatic heterocycles. The third-order valence-electron chi connectivity index (χ3n) is 5.62. The molecule has 34 heavy (non-hydrogen) atoms. The summed E-state index contributed by atoms with van der Waals surface area (Å²) in [6, 6.07) is 26.1. The van der Waals surface area contributed by atoms with Crippen LogP contribution in [0.15, 0.2) is 83.8 Å². The number of nitrogens with zero attached hydrogens (tertiary/aromatic N) is 1. The summed E-state index contributed by atoms with van der Waals surface area (Å²) < 4.78 is 0.540. The van der Waals surface area contributed by atoms with Crippen molar-refractivity contribution in [1.29, 1.82) is 0 Å². The lowest BCUT2D eigenvalue weighted by atomic mass is 10.1. The zero-order valence-corrected chi connectivity index (χ0v) is 20.6. The summed E-state index contributed by atoms with van der Waals surface area (Å²) in [5, 5.41) is 2.93. The van der Waals surface area contributed by atoms with Gasteiger partial charge in [0.25, 0.3) is 5.91 Å². The highest BCUT2D eigenvalue weighted by Gasteiger charge is 2.31. The van der Waals surface area contributed by atoms with Crippen LogP contribution in [0.3, 0.4) is 0 Å². The van der Waals surface area contributed by atoms with E-state index in [1.54, 1.807) is 4.90 Å². The van der Waals surface area contributed by atoms with Gasteiger partial charge in [0.15, 0.2) is 0 Å². The lowest BCUT2D eigenvalue weighted by Crippen LogP contribution is -2.29. The average molecular weight is 487 g/mol. The molecule has 4 rings (SSSR count). The first-order chi connectivity index (χ1) is 16.5. The summed E-state index contributed by atoms with van der Waals surface area (Å²) in [4.78, 5) is 27.4. The van der Waals surface area contributed by atoms with Crippen LogP contribution in [0.4, 0.5) is 5.69 Å². The van der Waals surface area contributed by atoms with Crippen LogP contribution in [-0.2, 0) is 16.0 Å². The highest BCUT2D eigenvalue weighted by molar-refractivity contribution is 8.26. The molecule has 0 spiro atoms. The Labute approximate surface area is 210 Å². The predicted molar refractivity (Wildman–Crippen MR) is 145 cm³/mol. The molecule has 1 N–H and O–H groups in total. The molecule has 3 aromatic rings. The normalized spacial score (nSPS) is 14.6. The van der Waals surface area contributed by atoms with Gasteiger partial charge in [-0.15, -0.1) is 0 Å². The van der Waals surface area contributed by atoms with Crippen molar-refractivity contribution >= 4 is 51.9 Å². The number of rotatable bonds is 8. The van der Waals surface area contributed by atoms with Gasteiger partial charge in [0.05, 0.1) is 4.91 Å². The minimum atomic E-state index is -0.0912. The van der Waals surface area contributed by atoms with E-state index >= 15 is 0 Å². The second kappa shape index (κ2) is 11.3. The van der Waals surface area contributed by atoms with E-state index in [-0.39, 0.29) is 11.8 Å². The number of anilines is 1. The zero-order chi connectivity index (χ0) is 23.9. The summed E-state index contributed by atoms with van der Waals surface area (Å²) in [6.45, 7) is 2.54. The van der Waals surface area contributed by atoms with Crippen molar-refractivity contribution in [3.63, 3.8) is 0 Å². The number of benzene rings is 3. The summed E-state index contributed by atoms with van der Waals surface area (Å²) >= 11 is 6.73. The number of aryl methyl sites for hydroxylation is 1. The van der Waals surface area contributed by atoms with E-state index < -0.39 is 0 Å². The molecule has 1 heterocycles. The highest BCUT2D eigenvalue weighted by Crippen LogP contribution is 2.32. The van der Waals surface area contributed by atoms with Crippen LogP contribution >= 0.6 is 24.0 Å². The van der Waals surface area contributed by atoms with Crippen molar-refractivity contribution in [3.05, 3.63) is 94.9 Å². The van der Waals surface area contributed by atoms with Gasteiger partial charge in [-0.25, -0.2) is 0 Å². The van der Waals surface area contributed by atoms with Gasteiger partial charge in [-0.05, 0) is 53.3 Å². The molecule has 1 fully saturated rings. The Kier molecular flexibility index (Phi) is 7.93. The third-order valence-corrected chi connectivity index (χ3v) is 7.00. The smallest absolute Gasteiger partial charge is 0.266 e. The van der Waals surface area contributed by atoms with Gasteiger partial charge in [0.1, 0.15) is 4.32 Å². The SMILES string of the molecule is CCc1ccc(C=C2SC(=S)N(CCCC(=O)Nc3ccc(-c4ccccc4)cc3)C2=O)cc1. The van der Waals surface area contributed by atoms with Crippen molar-refractivity contribution in [2.45, 2.75) is 26.2 Å². The third kappa shape index (κ3) is 6.01. The molecule has 0 aliphatic carbocycles. The number of carbonyl (C=O) groups excluding carboxylic acids is 2. The Morgan fingerprint density at radius 1 is 0.971 bits per heavy atom. The molecule has 1 aliphatic heterocycles. The molecule has 6 heteroatoms. The van der Waals surface area contributed by atoms with Gasteiger partial charge in [0, 0.05) is 18.7 Å². The van der Waals surface area contributed by atoms with Gasteiger partial charge in [-0.1, -0.05) is 97.6 Å². The first kappa shape index (κ1) is 23.9. The Hall–Kier alpha value is -3.22. The Bertz CT molecular complexity index is 1200. The number of thiocarbonyl (C=S) groups is 1. The molecule has 2 amide bonds. The maximum absolute atomic E-state index is 12.8. The fourth-order valence-electron chi connectivity index (χ4n) is 3.69. The molecule has 0 bridgehead atoms. The maximum atomic E-state index is 12.8. The predicted octanol–water partition coefficient (Wildman–Crippen LogP) is 6.54. The lowest BCUT2D eigenvalue weighted by Gasteiger charge is -2.14. The van der Waals surface area contributed by atoms with Crippen molar-refractivity contribution in [3.8, 4) is 11.1 Å². The molecular weight excluding hydrogens is 460 g/mol. The summed E-state index contributed by atoms with van der Waals surface area (Å²) in [5.41, 5.74) is 5.23. The summed E-state index contributed by atoms with van der Waals surface area (Å²) in [6.07, 6.45) is 3.72. The molecular formula is C28H26N2O2S2. The fourth-order valence-corrected chi connectivity index (χ4v) is 5.00. The van der Waals surface area contributed by atoms with E-state index in [4.69, 9.17) is 12.2 Å². The monoisotopic (exact) mass is 486 g/mol. The van der Waals surface area contributed by atoms with E-state index in [0.717, 1.165) is 28.8 Å².